The summed E-state index contributed by atoms with van der Waals surface area (Å²) in [6.45, 7) is 0.345. The summed E-state index contributed by atoms with van der Waals surface area (Å²) in [5.41, 5.74) is 0. The zero-order valence-electron chi connectivity index (χ0n) is 11.9. The highest BCUT2D eigenvalue weighted by Gasteiger charge is 2.40. The van der Waals surface area contributed by atoms with Gasteiger partial charge in [0.25, 0.3) is 0 Å². The van der Waals surface area contributed by atoms with Crippen LogP contribution in [0.2, 0.25) is 0 Å². The Morgan fingerprint density at radius 2 is 2.10 bits per heavy atom. The van der Waals surface area contributed by atoms with Crippen molar-refractivity contribution in [3.8, 4) is 0 Å². The predicted molar refractivity (Wildman–Crippen MR) is 77.0 cm³/mol. The summed E-state index contributed by atoms with van der Waals surface area (Å²) in [6.07, 6.45) is 5.29. The maximum Gasteiger partial charge on any atom is 0.326 e. The Bertz CT molecular complexity index is 379. The SMILES string of the molecule is COC1CC(C(=O)O)N(C(=O)NC2CCC(SC)C2)C1. The predicted octanol–water partition coefficient (Wildman–Crippen LogP) is 1.15. The number of ether oxygens (including phenoxy) is 1. The normalized spacial score (nSPS) is 33.4. The molecule has 2 N–H and O–H groups in total. The Kier molecular flexibility index (Phi) is 5.15. The monoisotopic (exact) mass is 302 g/mol. The fraction of sp³-hybridized carbons (Fsp3) is 0.846. The summed E-state index contributed by atoms with van der Waals surface area (Å²) in [5.74, 6) is -0.965. The molecule has 0 radical (unpaired) electrons. The van der Waals surface area contributed by atoms with Gasteiger partial charge in [-0.25, -0.2) is 9.59 Å². The first kappa shape index (κ1) is 15.4. The molecule has 4 atom stereocenters. The van der Waals surface area contributed by atoms with Crippen LogP contribution in [0, 0.1) is 0 Å². The van der Waals surface area contributed by atoms with Crippen LogP contribution in [0.3, 0.4) is 0 Å². The van der Waals surface area contributed by atoms with E-state index in [1.165, 1.54) is 4.90 Å². The largest absolute Gasteiger partial charge is 0.480 e. The Balaban J connectivity index is 1.92. The van der Waals surface area contributed by atoms with Gasteiger partial charge in [-0.2, -0.15) is 11.8 Å². The van der Waals surface area contributed by atoms with Crippen molar-refractivity contribution in [2.75, 3.05) is 19.9 Å². The Hall–Kier alpha value is -0.950. The smallest absolute Gasteiger partial charge is 0.326 e. The van der Waals surface area contributed by atoms with Gasteiger partial charge in [-0.3, -0.25) is 0 Å². The summed E-state index contributed by atoms with van der Waals surface area (Å²) in [6, 6.07) is -0.891. The van der Waals surface area contributed by atoms with Crippen molar-refractivity contribution in [3.05, 3.63) is 0 Å². The minimum absolute atomic E-state index is 0.163. The molecule has 1 saturated heterocycles. The number of rotatable bonds is 4. The number of nitrogens with one attached hydrogen (secondary N) is 1. The number of hydrogen-bond donors (Lipinski definition) is 2. The number of thioether (sulfide) groups is 1. The Morgan fingerprint density at radius 1 is 1.35 bits per heavy atom. The number of nitrogens with zero attached hydrogens (tertiary/aromatic N) is 1. The van der Waals surface area contributed by atoms with Gasteiger partial charge in [-0.15, -0.1) is 0 Å². The zero-order valence-corrected chi connectivity index (χ0v) is 12.7. The molecule has 0 aromatic heterocycles. The maximum absolute atomic E-state index is 12.3. The third-order valence-corrected chi connectivity index (χ3v) is 5.28. The molecule has 2 fully saturated rings. The van der Waals surface area contributed by atoms with E-state index < -0.39 is 12.0 Å². The molecular formula is C13H22N2O4S. The number of hydrogen-bond acceptors (Lipinski definition) is 4. The average molecular weight is 302 g/mol. The van der Waals surface area contributed by atoms with E-state index in [0.717, 1.165) is 19.3 Å². The fourth-order valence-electron chi connectivity index (χ4n) is 2.97. The summed E-state index contributed by atoms with van der Waals surface area (Å²) in [4.78, 5) is 24.9. The van der Waals surface area contributed by atoms with Crippen molar-refractivity contribution >= 4 is 23.8 Å². The van der Waals surface area contributed by atoms with Crippen LogP contribution in [0.5, 0.6) is 0 Å². The summed E-state index contributed by atoms with van der Waals surface area (Å²) in [5, 5.41) is 12.8. The van der Waals surface area contributed by atoms with Crippen LogP contribution in [-0.2, 0) is 9.53 Å². The number of amides is 2. The fourth-order valence-corrected chi connectivity index (χ4v) is 3.77. The minimum atomic E-state index is -0.965. The van der Waals surface area contributed by atoms with Crippen LogP contribution in [0.15, 0.2) is 0 Å². The number of carbonyl (C=O) groups excluding carboxylic acids is 1. The molecule has 7 heteroatoms. The highest BCUT2D eigenvalue weighted by atomic mass is 32.2. The molecule has 0 aromatic carbocycles. The van der Waals surface area contributed by atoms with Crippen molar-refractivity contribution < 1.29 is 19.4 Å². The van der Waals surface area contributed by atoms with Gasteiger partial charge in [-0.1, -0.05) is 0 Å². The molecule has 6 nitrogen and oxygen atoms in total. The lowest BCUT2D eigenvalue weighted by atomic mass is 10.2. The molecule has 1 aliphatic carbocycles. The molecule has 1 saturated carbocycles. The number of likely N-dealkylation sites (tertiary alicyclic amines) is 1. The van der Waals surface area contributed by atoms with Crippen molar-refractivity contribution in [1.82, 2.24) is 10.2 Å². The second-order valence-electron chi connectivity index (χ2n) is 5.42. The second kappa shape index (κ2) is 6.67. The first-order valence-electron chi connectivity index (χ1n) is 6.90. The van der Waals surface area contributed by atoms with Gasteiger partial charge < -0.3 is 20.1 Å². The van der Waals surface area contributed by atoms with Crippen LogP contribution >= 0.6 is 11.8 Å². The van der Waals surface area contributed by atoms with Gasteiger partial charge in [0.1, 0.15) is 6.04 Å². The van der Waals surface area contributed by atoms with Crippen molar-refractivity contribution in [2.24, 2.45) is 0 Å². The summed E-state index contributed by atoms with van der Waals surface area (Å²) >= 11 is 1.83. The average Bonchev–Trinajstić information content (AvgIpc) is 3.04. The summed E-state index contributed by atoms with van der Waals surface area (Å²) < 4.78 is 5.19. The van der Waals surface area contributed by atoms with Crippen molar-refractivity contribution in [3.63, 3.8) is 0 Å². The Morgan fingerprint density at radius 3 is 2.65 bits per heavy atom. The van der Waals surface area contributed by atoms with Crippen molar-refractivity contribution in [1.29, 1.82) is 0 Å². The molecule has 2 aliphatic rings. The van der Waals surface area contributed by atoms with E-state index in [1.807, 2.05) is 11.8 Å². The lowest BCUT2D eigenvalue weighted by Crippen LogP contribution is -2.48. The minimum Gasteiger partial charge on any atom is -0.480 e. The van der Waals surface area contributed by atoms with Gasteiger partial charge in [0.05, 0.1) is 6.10 Å². The number of carboxylic acid groups (broad SMARTS) is 1. The molecule has 1 heterocycles. The van der Waals surface area contributed by atoms with E-state index in [4.69, 9.17) is 4.74 Å². The molecule has 0 bridgehead atoms. The molecule has 2 rings (SSSR count). The van der Waals surface area contributed by atoms with E-state index in [0.29, 0.717) is 18.2 Å². The van der Waals surface area contributed by atoms with Crippen LogP contribution in [0.4, 0.5) is 4.79 Å². The number of aliphatic carboxylic acids is 1. The standard InChI is InChI=1S/C13H22N2O4S/c1-19-9-6-11(12(16)17)15(7-9)13(18)14-8-3-4-10(5-8)20-2/h8-11H,3-7H2,1-2H3,(H,14,18)(H,16,17). The lowest BCUT2D eigenvalue weighted by molar-refractivity contribution is -0.141. The van der Waals surface area contributed by atoms with Gasteiger partial charge in [0.15, 0.2) is 0 Å². The van der Waals surface area contributed by atoms with Crippen molar-refractivity contribution in [2.45, 2.75) is 49.1 Å². The van der Waals surface area contributed by atoms with E-state index in [9.17, 15) is 14.7 Å². The van der Waals surface area contributed by atoms with Gasteiger partial charge in [0.2, 0.25) is 0 Å². The third kappa shape index (κ3) is 3.38. The Labute approximate surface area is 123 Å². The molecule has 2 amide bonds. The van der Waals surface area contributed by atoms with E-state index >= 15 is 0 Å². The summed E-state index contributed by atoms with van der Waals surface area (Å²) in [7, 11) is 1.55. The number of carbonyl (C=O) groups is 2. The van der Waals surface area contributed by atoms with Crippen LogP contribution < -0.4 is 5.32 Å². The molecular weight excluding hydrogens is 280 g/mol. The van der Waals surface area contributed by atoms with E-state index in [-0.39, 0.29) is 18.2 Å². The highest BCUT2D eigenvalue weighted by molar-refractivity contribution is 7.99. The molecule has 114 valence electrons. The van der Waals surface area contributed by atoms with Crippen LogP contribution in [-0.4, -0.2) is 65.4 Å². The second-order valence-corrected chi connectivity index (χ2v) is 6.56. The highest BCUT2D eigenvalue weighted by Crippen LogP contribution is 2.28. The van der Waals surface area contributed by atoms with Crippen LogP contribution in [0.1, 0.15) is 25.7 Å². The first-order chi connectivity index (χ1) is 9.55. The number of carboxylic acids is 1. The van der Waals surface area contributed by atoms with Crippen LogP contribution in [0.25, 0.3) is 0 Å². The quantitative estimate of drug-likeness (QED) is 0.814. The molecule has 0 aromatic rings. The van der Waals surface area contributed by atoms with E-state index in [1.54, 1.807) is 7.11 Å². The lowest BCUT2D eigenvalue weighted by Gasteiger charge is -2.24. The van der Waals surface area contributed by atoms with Gasteiger partial charge in [0, 0.05) is 31.4 Å². The molecule has 20 heavy (non-hydrogen) atoms. The number of urea groups is 1. The van der Waals surface area contributed by atoms with E-state index in [2.05, 4.69) is 11.6 Å². The van der Waals surface area contributed by atoms with Gasteiger partial charge in [-0.05, 0) is 25.5 Å². The third-order valence-electron chi connectivity index (χ3n) is 4.19. The first-order valence-corrected chi connectivity index (χ1v) is 8.19. The van der Waals surface area contributed by atoms with Gasteiger partial charge >= 0.3 is 12.0 Å². The molecule has 0 spiro atoms. The topological polar surface area (TPSA) is 78.9 Å². The number of methoxy groups -OCH3 is 1. The molecule has 1 aliphatic heterocycles. The zero-order chi connectivity index (χ0) is 14.7. The molecule has 4 unspecified atom stereocenters. The maximum atomic E-state index is 12.3.